The van der Waals surface area contributed by atoms with E-state index >= 15 is 0 Å². The molecule has 0 bridgehead atoms. The number of aromatic hydroxyl groups is 4. The SMILES string of the molecule is COc1cc(/C=C/C(=O)O[C@H]2[C@H](O[C@H]3[C@H](Oc4c(-c5ccc(O)cc5)oc5cc(O)cc(O)c5c4=O)O[C@H](CO)[C@@H](O)[C@@H]3O)O[C@H](CO)[C@@H](O)[C@@H]2O)cc(OC)c1O. The first-order valence-electron chi connectivity index (χ1n) is 17.4. The third-order valence-electron chi connectivity index (χ3n) is 9.39. The number of hydrogen-bond donors (Lipinski definition) is 10. The Bertz CT molecular complexity index is 2160. The van der Waals surface area contributed by atoms with Crippen LogP contribution in [0.2, 0.25) is 0 Å². The maximum Gasteiger partial charge on any atom is 0.331 e. The molecule has 3 heterocycles. The van der Waals surface area contributed by atoms with E-state index in [-0.39, 0.29) is 39.9 Å². The summed E-state index contributed by atoms with van der Waals surface area (Å²) in [5, 5.41) is 104. The van der Waals surface area contributed by atoms with Gasteiger partial charge in [0.15, 0.2) is 35.8 Å². The first-order chi connectivity index (χ1) is 27.7. The molecule has 2 aliphatic rings. The molecule has 0 unspecified atom stereocenters. The number of methoxy groups -OCH3 is 2. The second kappa shape index (κ2) is 17.4. The van der Waals surface area contributed by atoms with Gasteiger partial charge in [0.1, 0.15) is 64.8 Å². The summed E-state index contributed by atoms with van der Waals surface area (Å²) in [5.41, 5.74) is -0.924. The number of hydrogen-bond acceptors (Lipinski definition) is 20. The van der Waals surface area contributed by atoms with Crippen molar-refractivity contribution in [3.05, 3.63) is 70.4 Å². The van der Waals surface area contributed by atoms with Crippen molar-refractivity contribution in [2.75, 3.05) is 27.4 Å². The number of aliphatic hydroxyl groups excluding tert-OH is 6. The summed E-state index contributed by atoms with van der Waals surface area (Å²) in [4.78, 5) is 27.2. The molecule has 20 nitrogen and oxygen atoms in total. The summed E-state index contributed by atoms with van der Waals surface area (Å²) in [6.07, 6.45) is -16.7. The van der Waals surface area contributed by atoms with Gasteiger partial charge in [-0.3, -0.25) is 4.79 Å². The molecular weight excluding hydrogens is 776 g/mol. The molecular formula is C38H40O20. The quantitative estimate of drug-likeness (QED) is 0.0640. The first kappa shape index (κ1) is 41.9. The molecule has 0 amide bonds. The lowest BCUT2D eigenvalue weighted by atomic mass is 9.97. The number of phenols is 4. The van der Waals surface area contributed by atoms with E-state index in [1.54, 1.807) is 0 Å². The fourth-order valence-electron chi connectivity index (χ4n) is 6.38. The number of esters is 1. The lowest BCUT2D eigenvalue weighted by molar-refractivity contribution is -0.358. The van der Waals surface area contributed by atoms with E-state index in [9.17, 15) is 60.7 Å². The molecule has 58 heavy (non-hydrogen) atoms. The Morgan fingerprint density at radius 1 is 0.759 bits per heavy atom. The van der Waals surface area contributed by atoms with Gasteiger partial charge in [0.25, 0.3) is 0 Å². The lowest BCUT2D eigenvalue weighted by Gasteiger charge is -2.46. The number of fused-ring (bicyclic) bond motifs is 1. The monoisotopic (exact) mass is 816 g/mol. The molecule has 2 saturated heterocycles. The van der Waals surface area contributed by atoms with Crippen molar-refractivity contribution in [2.45, 2.75) is 61.4 Å². The van der Waals surface area contributed by atoms with Crippen LogP contribution in [0.1, 0.15) is 5.56 Å². The van der Waals surface area contributed by atoms with Gasteiger partial charge in [-0.2, -0.15) is 0 Å². The predicted molar refractivity (Wildman–Crippen MR) is 194 cm³/mol. The minimum Gasteiger partial charge on any atom is -0.508 e. The Kier molecular flexibility index (Phi) is 12.6. The minimum absolute atomic E-state index is 0.0125. The highest BCUT2D eigenvalue weighted by Crippen LogP contribution is 2.40. The van der Waals surface area contributed by atoms with Gasteiger partial charge in [-0.15, -0.1) is 0 Å². The third-order valence-corrected chi connectivity index (χ3v) is 9.39. The van der Waals surface area contributed by atoms with Crippen LogP contribution in [0.25, 0.3) is 28.4 Å². The predicted octanol–water partition coefficient (Wildman–Crippen LogP) is -0.433. The Morgan fingerprint density at radius 2 is 1.34 bits per heavy atom. The van der Waals surface area contributed by atoms with Crippen LogP contribution in [-0.2, 0) is 23.7 Å². The Labute approximate surface area is 327 Å². The number of carbonyl (C=O) groups is 1. The summed E-state index contributed by atoms with van der Waals surface area (Å²) in [6.45, 7) is -1.79. The van der Waals surface area contributed by atoms with E-state index in [2.05, 4.69) is 0 Å². The normalized spacial score (nSPS) is 27.4. The van der Waals surface area contributed by atoms with E-state index in [1.165, 1.54) is 56.7 Å². The number of carbonyl (C=O) groups excluding carboxylic acids is 1. The van der Waals surface area contributed by atoms with Crippen molar-refractivity contribution in [1.82, 2.24) is 0 Å². The van der Waals surface area contributed by atoms with Crippen molar-refractivity contribution >= 4 is 23.0 Å². The number of rotatable bonds is 12. The van der Waals surface area contributed by atoms with Gasteiger partial charge >= 0.3 is 5.97 Å². The highest BCUT2D eigenvalue weighted by molar-refractivity contribution is 5.89. The second-order valence-electron chi connectivity index (χ2n) is 13.1. The summed E-state index contributed by atoms with van der Waals surface area (Å²) in [5.74, 6) is -3.80. The van der Waals surface area contributed by atoms with Crippen LogP contribution >= 0.6 is 0 Å². The summed E-state index contributed by atoms with van der Waals surface area (Å²) >= 11 is 0. The van der Waals surface area contributed by atoms with Gasteiger partial charge in [-0.05, 0) is 48.0 Å². The standard InChI is InChI=1S/C38H40O20/c1-51-21-9-15(10-22(52-2)27(21)45)3-8-25(44)56-35-31(49)28(46)23(13-39)54-37(35)58-36-32(50)29(47)24(14-40)55-38(36)57-34-30(48)26-19(43)11-18(42)12-20(26)53-33(34)16-4-6-17(41)7-5-16/h3-12,23-24,28-29,31-32,35-43,45-47,49-50H,13-14H2,1-2H3/b8-3+/t23-,24-,28-,29-,31+,32+,35-,36-,37+,38+/m1/s1. The molecule has 10 atom stereocenters. The third kappa shape index (κ3) is 8.32. The first-order valence-corrected chi connectivity index (χ1v) is 17.4. The van der Waals surface area contributed by atoms with E-state index in [1.807, 2.05) is 0 Å². The van der Waals surface area contributed by atoms with Crippen molar-refractivity contribution in [3.8, 4) is 51.6 Å². The van der Waals surface area contributed by atoms with Crippen LogP contribution < -0.4 is 19.6 Å². The fraction of sp³-hybridized carbons (Fsp3) is 0.368. The van der Waals surface area contributed by atoms with Gasteiger partial charge in [-0.25, -0.2) is 4.79 Å². The molecule has 312 valence electrons. The zero-order valence-corrected chi connectivity index (χ0v) is 30.5. The smallest absolute Gasteiger partial charge is 0.331 e. The Hall–Kier alpha value is -5.68. The molecule has 0 radical (unpaired) electrons. The summed E-state index contributed by atoms with van der Waals surface area (Å²) in [6, 6.07) is 9.81. The van der Waals surface area contributed by atoms with Crippen molar-refractivity contribution in [2.24, 2.45) is 0 Å². The minimum atomic E-state index is -2.05. The van der Waals surface area contributed by atoms with Crippen molar-refractivity contribution in [1.29, 1.82) is 0 Å². The van der Waals surface area contributed by atoms with Gasteiger partial charge in [-0.1, -0.05) is 0 Å². The number of ether oxygens (including phenoxy) is 7. The van der Waals surface area contributed by atoms with E-state index in [0.29, 0.717) is 5.56 Å². The highest BCUT2D eigenvalue weighted by Gasteiger charge is 2.53. The van der Waals surface area contributed by atoms with Crippen molar-refractivity contribution < 1.29 is 93.4 Å². The van der Waals surface area contributed by atoms with Gasteiger partial charge < -0.3 is 88.6 Å². The van der Waals surface area contributed by atoms with E-state index in [4.69, 9.17) is 37.6 Å². The average Bonchev–Trinajstić information content (AvgIpc) is 3.20. The number of benzene rings is 3. The molecule has 6 rings (SSSR count). The highest BCUT2D eigenvalue weighted by atomic mass is 16.8. The molecule has 0 saturated carbocycles. The zero-order valence-electron chi connectivity index (χ0n) is 30.5. The van der Waals surface area contributed by atoms with Gasteiger partial charge in [0.2, 0.25) is 23.2 Å². The summed E-state index contributed by atoms with van der Waals surface area (Å²) < 4.78 is 44.9. The van der Waals surface area contributed by atoms with Crippen LogP contribution in [-0.4, -0.2) is 146 Å². The Balaban J connectivity index is 1.36. The molecule has 20 heteroatoms. The molecule has 2 fully saturated rings. The largest absolute Gasteiger partial charge is 0.508 e. The fourth-order valence-corrected chi connectivity index (χ4v) is 6.38. The van der Waals surface area contributed by atoms with Gasteiger partial charge in [0.05, 0.1) is 27.4 Å². The van der Waals surface area contributed by atoms with Crippen LogP contribution in [0.3, 0.4) is 0 Å². The van der Waals surface area contributed by atoms with Gasteiger partial charge in [0, 0.05) is 23.8 Å². The van der Waals surface area contributed by atoms with Crippen LogP contribution in [0, 0.1) is 0 Å². The molecule has 3 aromatic carbocycles. The van der Waals surface area contributed by atoms with E-state index in [0.717, 1.165) is 18.2 Å². The van der Waals surface area contributed by atoms with E-state index < -0.39 is 109 Å². The Morgan fingerprint density at radius 3 is 1.93 bits per heavy atom. The molecule has 10 N–H and O–H groups in total. The van der Waals surface area contributed by atoms with Crippen LogP contribution in [0.5, 0.6) is 40.2 Å². The topological polar surface area (TPSA) is 314 Å². The molecule has 4 aromatic rings. The summed E-state index contributed by atoms with van der Waals surface area (Å²) in [7, 11) is 2.59. The number of aliphatic hydroxyl groups is 6. The zero-order chi connectivity index (χ0) is 42.0. The lowest BCUT2D eigenvalue weighted by Crippen LogP contribution is -2.65. The maximum absolute atomic E-state index is 14.0. The molecule has 0 aliphatic carbocycles. The molecule has 0 spiro atoms. The van der Waals surface area contributed by atoms with Crippen molar-refractivity contribution in [3.63, 3.8) is 0 Å². The molecule has 2 aliphatic heterocycles. The second-order valence-corrected chi connectivity index (χ2v) is 13.1. The molecule has 1 aromatic heterocycles. The van der Waals surface area contributed by atoms with Crippen LogP contribution in [0.4, 0.5) is 0 Å². The average molecular weight is 817 g/mol. The van der Waals surface area contributed by atoms with Crippen LogP contribution in [0.15, 0.2) is 63.8 Å². The number of phenolic OH excluding ortho intramolecular Hbond substituents is 4. The maximum atomic E-state index is 14.0.